The van der Waals surface area contributed by atoms with Gasteiger partial charge in [0.05, 0.1) is 0 Å². The van der Waals surface area contributed by atoms with Gasteiger partial charge in [0, 0.05) is 12.0 Å². The molecule has 0 saturated heterocycles. The van der Waals surface area contributed by atoms with Gasteiger partial charge in [-0.25, -0.2) is 0 Å². The van der Waals surface area contributed by atoms with Crippen LogP contribution in [0.4, 0.5) is 0 Å². The van der Waals surface area contributed by atoms with Crippen LogP contribution in [0.2, 0.25) is 0 Å². The molecule has 1 rings (SSSR count). The number of allylic oxidation sites excluding steroid dienone is 4. The van der Waals surface area contributed by atoms with Crippen LogP contribution in [0, 0.1) is 0 Å². The average molecular weight is 256 g/mol. The van der Waals surface area contributed by atoms with Gasteiger partial charge in [-0.05, 0) is 42.8 Å². The van der Waals surface area contributed by atoms with Crippen LogP contribution in [0.15, 0.2) is 60.9 Å². The predicted octanol–water partition coefficient (Wildman–Crippen LogP) is 4.69. The zero-order valence-electron chi connectivity index (χ0n) is 11.6. The molecule has 0 fully saturated rings. The normalized spacial score (nSPS) is 11.6. The lowest BCUT2D eigenvalue weighted by atomic mass is 10.1. The summed E-state index contributed by atoms with van der Waals surface area (Å²) in [6, 6.07) is 7.19. The van der Waals surface area contributed by atoms with Crippen LogP contribution in [0.25, 0.3) is 0 Å². The van der Waals surface area contributed by atoms with Crippen molar-refractivity contribution in [3.63, 3.8) is 0 Å². The Bertz CT molecular complexity index is 478. The van der Waals surface area contributed by atoms with Crippen LogP contribution in [0.1, 0.15) is 37.0 Å². The summed E-state index contributed by atoms with van der Waals surface area (Å²) in [5.74, 6) is 1.58. The summed E-state index contributed by atoms with van der Waals surface area (Å²) in [5.41, 5.74) is 0.716. The zero-order chi connectivity index (χ0) is 14.1. The molecule has 0 aromatic heterocycles. The molecule has 2 heteroatoms. The predicted molar refractivity (Wildman–Crippen MR) is 79.4 cm³/mol. The number of Topliss-reactive ketones (excluding diaryl/α,β-unsaturated/α-hetero) is 1. The van der Waals surface area contributed by atoms with E-state index < -0.39 is 0 Å². The highest BCUT2D eigenvalue weighted by Gasteiger charge is 2.03. The Morgan fingerprint density at radius 1 is 1.26 bits per heavy atom. The Balaban J connectivity index is 2.80. The van der Waals surface area contributed by atoms with Gasteiger partial charge in [0.15, 0.2) is 5.78 Å². The van der Waals surface area contributed by atoms with E-state index in [0.717, 1.165) is 12.2 Å². The maximum Gasteiger partial charge on any atom is 0.162 e. The van der Waals surface area contributed by atoms with Crippen LogP contribution in [0.3, 0.4) is 0 Å². The highest BCUT2D eigenvalue weighted by Crippen LogP contribution is 2.17. The third-order valence-electron chi connectivity index (χ3n) is 2.53. The number of hydrogen-bond acceptors (Lipinski definition) is 2. The molecule has 19 heavy (non-hydrogen) atoms. The molecule has 1 aromatic carbocycles. The van der Waals surface area contributed by atoms with Crippen LogP contribution in [-0.2, 0) is 0 Å². The van der Waals surface area contributed by atoms with E-state index in [2.05, 4.69) is 13.5 Å². The second-order valence-corrected chi connectivity index (χ2v) is 4.02. The first-order chi connectivity index (χ1) is 9.21. The lowest BCUT2D eigenvalue weighted by Gasteiger charge is -2.07. The summed E-state index contributed by atoms with van der Waals surface area (Å²) in [6.07, 6.45) is 8.88. The van der Waals surface area contributed by atoms with Crippen molar-refractivity contribution < 1.29 is 9.53 Å². The summed E-state index contributed by atoms with van der Waals surface area (Å²) in [6.45, 7) is 7.58. The second kappa shape index (κ2) is 8.09. The Hall–Kier alpha value is -2.09. The molecule has 0 amide bonds. The number of rotatable bonds is 7. The molecule has 0 unspecified atom stereocenters. The van der Waals surface area contributed by atoms with Gasteiger partial charge in [-0.2, -0.15) is 0 Å². The summed E-state index contributed by atoms with van der Waals surface area (Å²) < 4.78 is 5.72. The minimum Gasteiger partial charge on any atom is -0.457 e. The first kappa shape index (κ1) is 15.0. The Labute approximate surface area is 115 Å². The topological polar surface area (TPSA) is 26.3 Å². The molecule has 0 aliphatic rings. The highest BCUT2D eigenvalue weighted by atomic mass is 16.5. The maximum atomic E-state index is 11.5. The quantitative estimate of drug-likeness (QED) is 0.402. The lowest BCUT2D eigenvalue weighted by molar-refractivity contribution is 0.0988. The summed E-state index contributed by atoms with van der Waals surface area (Å²) in [5, 5.41) is 0. The summed E-state index contributed by atoms with van der Waals surface area (Å²) in [4.78, 5) is 11.5. The van der Waals surface area contributed by atoms with E-state index in [0.29, 0.717) is 17.7 Å². The number of ether oxygens (including phenoxy) is 1. The molecule has 0 heterocycles. The lowest BCUT2D eigenvalue weighted by Crippen LogP contribution is -1.97. The van der Waals surface area contributed by atoms with Gasteiger partial charge in [0.1, 0.15) is 11.5 Å². The molecule has 0 N–H and O–H groups in total. The van der Waals surface area contributed by atoms with Crippen LogP contribution >= 0.6 is 0 Å². The summed E-state index contributed by atoms with van der Waals surface area (Å²) >= 11 is 0. The fraction of sp³-hybridized carbons (Fsp3) is 0.235. The van der Waals surface area contributed by atoms with E-state index in [1.165, 1.54) is 0 Å². The minimum atomic E-state index is 0.138. The number of benzene rings is 1. The van der Waals surface area contributed by atoms with E-state index >= 15 is 0 Å². The molecule has 0 atom stereocenters. The standard InChI is InChI=1S/C17H20O2/c1-4-7-9-15(8-5-2)19-16-12-10-14(11-13-16)17(18)6-3/h5,7-13H,2,4,6H2,1,3H3/b9-7-,15-8+. The van der Waals surface area contributed by atoms with Crippen molar-refractivity contribution in [3.8, 4) is 5.75 Å². The fourth-order valence-electron chi connectivity index (χ4n) is 1.52. The highest BCUT2D eigenvalue weighted by molar-refractivity contribution is 5.95. The number of carbonyl (C=O) groups excluding carboxylic acids is 1. The first-order valence-electron chi connectivity index (χ1n) is 6.51. The Morgan fingerprint density at radius 2 is 1.95 bits per heavy atom. The largest absolute Gasteiger partial charge is 0.457 e. The van der Waals surface area contributed by atoms with E-state index in [1.807, 2.05) is 19.1 Å². The van der Waals surface area contributed by atoms with Crippen molar-refractivity contribution in [2.75, 3.05) is 0 Å². The van der Waals surface area contributed by atoms with Gasteiger partial charge in [-0.1, -0.05) is 32.6 Å². The molecule has 0 aliphatic carbocycles. The number of hydrogen-bond donors (Lipinski definition) is 0. The molecular weight excluding hydrogens is 236 g/mol. The van der Waals surface area contributed by atoms with Gasteiger partial charge < -0.3 is 4.74 Å². The van der Waals surface area contributed by atoms with Gasteiger partial charge in [-0.15, -0.1) is 0 Å². The van der Waals surface area contributed by atoms with Gasteiger partial charge in [0.25, 0.3) is 0 Å². The first-order valence-corrected chi connectivity index (χ1v) is 6.51. The van der Waals surface area contributed by atoms with E-state index in [-0.39, 0.29) is 5.78 Å². The van der Waals surface area contributed by atoms with Gasteiger partial charge >= 0.3 is 0 Å². The van der Waals surface area contributed by atoms with Crippen molar-refractivity contribution in [2.24, 2.45) is 0 Å². The monoisotopic (exact) mass is 256 g/mol. The van der Waals surface area contributed by atoms with Crippen LogP contribution < -0.4 is 4.74 Å². The van der Waals surface area contributed by atoms with Crippen molar-refractivity contribution >= 4 is 5.78 Å². The maximum absolute atomic E-state index is 11.5. The molecule has 0 bridgehead atoms. The van der Waals surface area contributed by atoms with Gasteiger partial charge in [0.2, 0.25) is 0 Å². The second-order valence-electron chi connectivity index (χ2n) is 4.02. The molecule has 100 valence electrons. The number of ketones is 1. The van der Waals surface area contributed by atoms with Crippen LogP contribution in [0.5, 0.6) is 5.75 Å². The zero-order valence-corrected chi connectivity index (χ0v) is 11.6. The fourth-order valence-corrected chi connectivity index (χ4v) is 1.52. The molecule has 0 saturated carbocycles. The minimum absolute atomic E-state index is 0.138. The van der Waals surface area contributed by atoms with E-state index in [4.69, 9.17) is 4.74 Å². The van der Waals surface area contributed by atoms with Gasteiger partial charge in [-0.3, -0.25) is 4.79 Å². The SMILES string of the molecule is C=C/C=C(\C=C/CC)Oc1ccc(C(=O)CC)cc1. The molecule has 0 radical (unpaired) electrons. The third kappa shape index (κ3) is 4.96. The van der Waals surface area contributed by atoms with Crippen molar-refractivity contribution in [3.05, 3.63) is 66.5 Å². The molecule has 0 aliphatic heterocycles. The molecule has 2 nitrogen and oxygen atoms in total. The average Bonchev–Trinajstić information content (AvgIpc) is 2.45. The third-order valence-corrected chi connectivity index (χ3v) is 2.53. The Kier molecular flexibility index (Phi) is 6.37. The van der Waals surface area contributed by atoms with Crippen molar-refractivity contribution in [1.82, 2.24) is 0 Å². The van der Waals surface area contributed by atoms with E-state index in [1.54, 1.807) is 36.4 Å². The van der Waals surface area contributed by atoms with Crippen molar-refractivity contribution in [2.45, 2.75) is 26.7 Å². The molecular formula is C17H20O2. The summed E-state index contributed by atoms with van der Waals surface area (Å²) in [7, 11) is 0. The Morgan fingerprint density at radius 3 is 2.47 bits per heavy atom. The number of carbonyl (C=O) groups is 1. The van der Waals surface area contributed by atoms with E-state index in [9.17, 15) is 4.79 Å². The van der Waals surface area contributed by atoms with Crippen molar-refractivity contribution in [1.29, 1.82) is 0 Å². The smallest absolute Gasteiger partial charge is 0.162 e. The molecule has 0 spiro atoms. The molecule has 1 aromatic rings. The van der Waals surface area contributed by atoms with Crippen LogP contribution in [-0.4, -0.2) is 5.78 Å².